The van der Waals surface area contributed by atoms with Crippen LogP contribution in [-0.4, -0.2) is 24.4 Å². The number of aliphatic hydroxyl groups excluding tert-OH is 1. The van der Waals surface area contributed by atoms with Gasteiger partial charge in [0.05, 0.1) is 12.7 Å². The molecule has 1 unspecified atom stereocenters. The summed E-state index contributed by atoms with van der Waals surface area (Å²) in [4.78, 5) is 0. The van der Waals surface area contributed by atoms with Crippen molar-refractivity contribution < 1.29 is 14.6 Å². The molecule has 0 amide bonds. The first-order valence-corrected chi connectivity index (χ1v) is 6.16. The number of benzene rings is 1. The number of para-hydroxylation sites is 1. The van der Waals surface area contributed by atoms with E-state index in [1.807, 2.05) is 45.0 Å². The summed E-state index contributed by atoms with van der Waals surface area (Å²) < 4.78 is 11.0. The summed E-state index contributed by atoms with van der Waals surface area (Å²) in [6.45, 7) is 6.96. The van der Waals surface area contributed by atoms with Crippen LogP contribution in [0.15, 0.2) is 24.3 Å². The molecular weight excluding hydrogens is 216 g/mol. The maximum atomic E-state index is 10.0. The molecule has 0 fully saturated rings. The molecule has 0 saturated carbocycles. The van der Waals surface area contributed by atoms with Crippen molar-refractivity contribution in [3.8, 4) is 5.75 Å². The van der Waals surface area contributed by atoms with Crippen LogP contribution in [0.2, 0.25) is 0 Å². The third kappa shape index (κ3) is 4.75. The van der Waals surface area contributed by atoms with Crippen molar-refractivity contribution in [3.63, 3.8) is 0 Å². The average Bonchev–Trinajstić information content (AvgIpc) is 2.29. The predicted molar refractivity (Wildman–Crippen MR) is 68.3 cm³/mol. The van der Waals surface area contributed by atoms with E-state index >= 15 is 0 Å². The average molecular weight is 238 g/mol. The van der Waals surface area contributed by atoms with Gasteiger partial charge in [0, 0.05) is 12.2 Å². The van der Waals surface area contributed by atoms with Gasteiger partial charge in [0.15, 0.2) is 0 Å². The van der Waals surface area contributed by atoms with E-state index < -0.39 is 6.10 Å². The lowest BCUT2D eigenvalue weighted by atomic mass is 10.1. The molecule has 1 atom stereocenters. The summed E-state index contributed by atoms with van der Waals surface area (Å²) >= 11 is 0. The van der Waals surface area contributed by atoms with Gasteiger partial charge in [0.2, 0.25) is 0 Å². The molecule has 0 radical (unpaired) electrons. The number of hydrogen-bond acceptors (Lipinski definition) is 3. The van der Waals surface area contributed by atoms with Crippen molar-refractivity contribution in [2.45, 2.75) is 39.4 Å². The van der Waals surface area contributed by atoms with Gasteiger partial charge in [0.1, 0.15) is 11.9 Å². The second-order valence-electron chi connectivity index (χ2n) is 4.30. The van der Waals surface area contributed by atoms with Gasteiger partial charge in [-0.25, -0.2) is 0 Å². The predicted octanol–water partition coefficient (Wildman–Crippen LogP) is 2.93. The maximum absolute atomic E-state index is 10.0. The molecule has 0 aromatic heterocycles. The summed E-state index contributed by atoms with van der Waals surface area (Å²) in [5, 5.41) is 10.0. The molecule has 3 nitrogen and oxygen atoms in total. The van der Waals surface area contributed by atoms with Crippen LogP contribution in [-0.2, 0) is 4.74 Å². The van der Waals surface area contributed by atoms with Gasteiger partial charge in [-0.05, 0) is 26.3 Å². The zero-order chi connectivity index (χ0) is 12.7. The molecule has 0 bridgehead atoms. The lowest BCUT2D eigenvalue weighted by Gasteiger charge is -2.18. The van der Waals surface area contributed by atoms with Crippen molar-refractivity contribution in [2.75, 3.05) is 13.2 Å². The van der Waals surface area contributed by atoms with Crippen molar-refractivity contribution >= 4 is 0 Å². The van der Waals surface area contributed by atoms with Gasteiger partial charge in [-0.2, -0.15) is 0 Å². The van der Waals surface area contributed by atoms with Crippen molar-refractivity contribution in [1.29, 1.82) is 0 Å². The Balaban J connectivity index is 2.67. The normalized spacial score (nSPS) is 12.8. The standard InChI is InChI=1S/C14H22O3/c1-4-9-16-10-13(15)12-7-5-6-8-14(12)17-11(2)3/h5-8,11,13,15H,4,9-10H2,1-3H3. The fraction of sp³-hybridized carbons (Fsp3) is 0.571. The topological polar surface area (TPSA) is 38.7 Å². The zero-order valence-corrected chi connectivity index (χ0v) is 10.8. The van der Waals surface area contributed by atoms with Crippen molar-refractivity contribution in [3.05, 3.63) is 29.8 Å². The third-order valence-electron chi connectivity index (χ3n) is 2.26. The first kappa shape index (κ1) is 14.0. The van der Waals surface area contributed by atoms with Gasteiger partial charge >= 0.3 is 0 Å². The highest BCUT2D eigenvalue weighted by molar-refractivity contribution is 5.35. The lowest BCUT2D eigenvalue weighted by molar-refractivity contribution is 0.0344. The monoisotopic (exact) mass is 238 g/mol. The first-order valence-electron chi connectivity index (χ1n) is 6.16. The zero-order valence-electron chi connectivity index (χ0n) is 10.8. The van der Waals surface area contributed by atoms with Gasteiger partial charge in [0.25, 0.3) is 0 Å². The summed E-state index contributed by atoms with van der Waals surface area (Å²) in [7, 11) is 0. The molecule has 0 saturated heterocycles. The molecular formula is C14H22O3. The Morgan fingerprint density at radius 3 is 2.59 bits per heavy atom. The fourth-order valence-corrected chi connectivity index (χ4v) is 1.55. The van der Waals surface area contributed by atoms with E-state index in [1.54, 1.807) is 0 Å². The minimum Gasteiger partial charge on any atom is -0.491 e. The number of hydrogen-bond donors (Lipinski definition) is 1. The quantitative estimate of drug-likeness (QED) is 0.742. The molecule has 0 aliphatic carbocycles. The molecule has 1 rings (SSSR count). The van der Waals surface area contributed by atoms with E-state index in [1.165, 1.54) is 0 Å². The van der Waals surface area contributed by atoms with Crippen molar-refractivity contribution in [2.24, 2.45) is 0 Å². The van der Waals surface area contributed by atoms with Crippen LogP contribution in [0.3, 0.4) is 0 Å². The lowest BCUT2D eigenvalue weighted by Crippen LogP contribution is -2.12. The van der Waals surface area contributed by atoms with E-state index in [4.69, 9.17) is 9.47 Å². The van der Waals surface area contributed by atoms with E-state index in [2.05, 4.69) is 0 Å². The summed E-state index contributed by atoms with van der Waals surface area (Å²) in [5.41, 5.74) is 0.789. The SMILES string of the molecule is CCCOCC(O)c1ccccc1OC(C)C. The molecule has 0 heterocycles. The fourth-order valence-electron chi connectivity index (χ4n) is 1.55. The van der Waals surface area contributed by atoms with Gasteiger partial charge in [-0.3, -0.25) is 0 Å². The van der Waals surface area contributed by atoms with E-state index in [0.29, 0.717) is 13.2 Å². The summed E-state index contributed by atoms with van der Waals surface area (Å²) in [6.07, 6.45) is 0.424. The molecule has 0 aliphatic heterocycles. The van der Waals surface area contributed by atoms with Crippen LogP contribution >= 0.6 is 0 Å². The van der Waals surface area contributed by atoms with Gasteiger partial charge in [-0.1, -0.05) is 25.1 Å². The van der Waals surface area contributed by atoms with Gasteiger partial charge < -0.3 is 14.6 Å². The molecule has 96 valence electrons. The maximum Gasteiger partial charge on any atom is 0.125 e. The molecule has 1 aromatic rings. The number of aliphatic hydroxyl groups is 1. The van der Waals surface area contributed by atoms with Crippen LogP contribution < -0.4 is 4.74 Å². The van der Waals surface area contributed by atoms with E-state index in [9.17, 15) is 5.11 Å². The number of rotatable bonds is 7. The Morgan fingerprint density at radius 1 is 1.24 bits per heavy atom. The largest absolute Gasteiger partial charge is 0.491 e. The minimum absolute atomic E-state index is 0.0971. The Morgan fingerprint density at radius 2 is 1.94 bits per heavy atom. The number of ether oxygens (including phenoxy) is 2. The molecule has 1 aromatic carbocycles. The van der Waals surface area contributed by atoms with Crippen LogP contribution in [0.1, 0.15) is 38.9 Å². The second kappa shape index (κ2) is 7.30. The van der Waals surface area contributed by atoms with Crippen LogP contribution in [0, 0.1) is 0 Å². The Kier molecular flexibility index (Phi) is 6.01. The molecule has 3 heteroatoms. The molecule has 0 aliphatic rings. The van der Waals surface area contributed by atoms with Crippen LogP contribution in [0.25, 0.3) is 0 Å². The Bertz CT molecular complexity index is 323. The first-order chi connectivity index (χ1) is 8.15. The molecule has 17 heavy (non-hydrogen) atoms. The second-order valence-corrected chi connectivity index (χ2v) is 4.30. The van der Waals surface area contributed by atoms with Crippen LogP contribution in [0.4, 0.5) is 0 Å². The Hall–Kier alpha value is -1.06. The molecule has 1 N–H and O–H groups in total. The minimum atomic E-state index is -0.628. The van der Waals surface area contributed by atoms with Gasteiger partial charge in [-0.15, -0.1) is 0 Å². The van der Waals surface area contributed by atoms with E-state index in [-0.39, 0.29) is 6.10 Å². The van der Waals surface area contributed by atoms with Crippen LogP contribution in [0.5, 0.6) is 5.75 Å². The summed E-state index contributed by atoms with van der Waals surface area (Å²) in [5.74, 6) is 0.732. The highest BCUT2D eigenvalue weighted by atomic mass is 16.5. The molecule has 0 spiro atoms. The third-order valence-corrected chi connectivity index (χ3v) is 2.26. The smallest absolute Gasteiger partial charge is 0.125 e. The van der Waals surface area contributed by atoms with Crippen molar-refractivity contribution in [1.82, 2.24) is 0 Å². The highest BCUT2D eigenvalue weighted by Crippen LogP contribution is 2.26. The Labute approximate surface area is 103 Å². The summed E-state index contributed by atoms with van der Waals surface area (Å²) in [6, 6.07) is 7.54. The van der Waals surface area contributed by atoms with E-state index in [0.717, 1.165) is 17.7 Å². The highest BCUT2D eigenvalue weighted by Gasteiger charge is 2.13.